The summed E-state index contributed by atoms with van der Waals surface area (Å²) in [7, 11) is 0. The standard InChI is InChI=1S/C18H20N2O/c1-13-2-4-14(5-3-13)11-20-18(21)16-6-7-17-12-19-9-8-15(17)10-16/h2-7,10,19H,8-9,11-12H2,1H3,(H,20,21). The molecule has 0 spiro atoms. The highest BCUT2D eigenvalue weighted by Crippen LogP contribution is 2.16. The van der Waals surface area contributed by atoms with Crippen LogP contribution in [0.5, 0.6) is 0 Å². The summed E-state index contributed by atoms with van der Waals surface area (Å²) in [5.74, 6) is -0.00286. The molecule has 1 amide bonds. The van der Waals surface area contributed by atoms with Crippen LogP contribution in [0.15, 0.2) is 42.5 Å². The summed E-state index contributed by atoms with van der Waals surface area (Å²) >= 11 is 0. The monoisotopic (exact) mass is 280 g/mol. The van der Waals surface area contributed by atoms with E-state index in [9.17, 15) is 4.79 Å². The van der Waals surface area contributed by atoms with Crippen molar-refractivity contribution in [2.45, 2.75) is 26.4 Å². The van der Waals surface area contributed by atoms with Gasteiger partial charge in [0, 0.05) is 18.7 Å². The summed E-state index contributed by atoms with van der Waals surface area (Å²) in [6.45, 7) is 4.52. The van der Waals surface area contributed by atoms with Crippen LogP contribution >= 0.6 is 0 Å². The fourth-order valence-electron chi connectivity index (χ4n) is 2.61. The zero-order chi connectivity index (χ0) is 14.7. The topological polar surface area (TPSA) is 41.1 Å². The maximum atomic E-state index is 12.2. The zero-order valence-electron chi connectivity index (χ0n) is 12.3. The van der Waals surface area contributed by atoms with Gasteiger partial charge in [-0.05, 0) is 48.7 Å². The molecule has 3 heteroatoms. The van der Waals surface area contributed by atoms with E-state index in [4.69, 9.17) is 0 Å². The number of benzene rings is 2. The highest BCUT2D eigenvalue weighted by atomic mass is 16.1. The van der Waals surface area contributed by atoms with Gasteiger partial charge in [0.15, 0.2) is 0 Å². The fraction of sp³-hybridized carbons (Fsp3) is 0.278. The molecule has 2 N–H and O–H groups in total. The van der Waals surface area contributed by atoms with Gasteiger partial charge in [-0.15, -0.1) is 0 Å². The molecule has 1 aliphatic rings. The summed E-state index contributed by atoms with van der Waals surface area (Å²) < 4.78 is 0. The number of rotatable bonds is 3. The molecule has 0 atom stereocenters. The van der Waals surface area contributed by atoms with Crippen molar-refractivity contribution in [2.24, 2.45) is 0 Å². The molecule has 2 aromatic carbocycles. The van der Waals surface area contributed by atoms with E-state index in [0.29, 0.717) is 6.54 Å². The number of hydrogen-bond acceptors (Lipinski definition) is 2. The Balaban J connectivity index is 1.66. The average Bonchev–Trinajstić information content (AvgIpc) is 2.53. The van der Waals surface area contributed by atoms with Crippen LogP contribution < -0.4 is 10.6 Å². The predicted octanol–water partition coefficient (Wildman–Crippen LogP) is 2.57. The summed E-state index contributed by atoms with van der Waals surface area (Å²) in [4.78, 5) is 12.2. The maximum absolute atomic E-state index is 12.2. The van der Waals surface area contributed by atoms with Gasteiger partial charge in [-0.1, -0.05) is 35.9 Å². The van der Waals surface area contributed by atoms with Crippen molar-refractivity contribution in [2.75, 3.05) is 6.54 Å². The van der Waals surface area contributed by atoms with E-state index in [0.717, 1.165) is 30.6 Å². The molecule has 0 bridgehead atoms. The van der Waals surface area contributed by atoms with Crippen molar-refractivity contribution in [3.05, 3.63) is 70.3 Å². The van der Waals surface area contributed by atoms with E-state index in [1.54, 1.807) is 0 Å². The Kier molecular flexibility index (Phi) is 4.02. The number of carbonyl (C=O) groups excluding carboxylic acids is 1. The lowest BCUT2D eigenvalue weighted by Crippen LogP contribution is -2.26. The lowest BCUT2D eigenvalue weighted by molar-refractivity contribution is 0.0951. The van der Waals surface area contributed by atoms with Gasteiger partial charge >= 0.3 is 0 Å². The molecule has 3 rings (SSSR count). The Morgan fingerprint density at radius 3 is 2.76 bits per heavy atom. The first-order chi connectivity index (χ1) is 10.2. The van der Waals surface area contributed by atoms with E-state index in [1.165, 1.54) is 16.7 Å². The van der Waals surface area contributed by atoms with Crippen molar-refractivity contribution >= 4 is 5.91 Å². The molecule has 0 aliphatic carbocycles. The second kappa shape index (κ2) is 6.10. The van der Waals surface area contributed by atoms with E-state index in [1.807, 2.05) is 24.3 Å². The molecule has 0 fully saturated rings. The Bertz CT molecular complexity index is 647. The average molecular weight is 280 g/mol. The molecule has 0 saturated carbocycles. The lowest BCUT2D eigenvalue weighted by Gasteiger charge is -2.17. The number of aryl methyl sites for hydroxylation is 1. The molecule has 3 nitrogen and oxygen atoms in total. The normalized spacial score (nSPS) is 13.6. The molecular weight excluding hydrogens is 260 g/mol. The summed E-state index contributed by atoms with van der Waals surface area (Å²) in [5.41, 5.74) is 5.69. The number of fused-ring (bicyclic) bond motifs is 1. The van der Waals surface area contributed by atoms with Gasteiger partial charge in [-0.3, -0.25) is 4.79 Å². The highest BCUT2D eigenvalue weighted by molar-refractivity contribution is 5.94. The maximum Gasteiger partial charge on any atom is 0.251 e. The molecule has 108 valence electrons. The molecule has 0 aromatic heterocycles. The van der Waals surface area contributed by atoms with Gasteiger partial charge < -0.3 is 10.6 Å². The van der Waals surface area contributed by atoms with E-state index >= 15 is 0 Å². The molecule has 2 aromatic rings. The summed E-state index contributed by atoms with van der Waals surface area (Å²) in [5, 5.41) is 6.33. The van der Waals surface area contributed by atoms with Gasteiger partial charge in [0.1, 0.15) is 0 Å². The third kappa shape index (κ3) is 3.31. The first kappa shape index (κ1) is 13.8. The van der Waals surface area contributed by atoms with Crippen LogP contribution in [0.1, 0.15) is 32.6 Å². The van der Waals surface area contributed by atoms with Crippen LogP contribution in [0.2, 0.25) is 0 Å². The highest BCUT2D eigenvalue weighted by Gasteiger charge is 2.12. The first-order valence-corrected chi connectivity index (χ1v) is 7.38. The van der Waals surface area contributed by atoms with Crippen LogP contribution in [0.25, 0.3) is 0 Å². The Morgan fingerprint density at radius 2 is 1.95 bits per heavy atom. The minimum atomic E-state index is -0.00286. The van der Waals surface area contributed by atoms with Crippen molar-refractivity contribution in [3.63, 3.8) is 0 Å². The summed E-state index contributed by atoms with van der Waals surface area (Å²) in [6, 6.07) is 14.2. The third-order valence-corrected chi connectivity index (χ3v) is 3.93. The number of nitrogens with one attached hydrogen (secondary N) is 2. The van der Waals surface area contributed by atoms with Gasteiger partial charge in [0.2, 0.25) is 0 Å². The van der Waals surface area contributed by atoms with E-state index < -0.39 is 0 Å². The third-order valence-electron chi connectivity index (χ3n) is 3.93. The fourth-order valence-corrected chi connectivity index (χ4v) is 2.61. The quantitative estimate of drug-likeness (QED) is 0.907. The largest absolute Gasteiger partial charge is 0.348 e. The van der Waals surface area contributed by atoms with Crippen LogP contribution in [-0.4, -0.2) is 12.5 Å². The van der Waals surface area contributed by atoms with Gasteiger partial charge in [-0.2, -0.15) is 0 Å². The van der Waals surface area contributed by atoms with Crippen molar-refractivity contribution in [3.8, 4) is 0 Å². The van der Waals surface area contributed by atoms with E-state index in [2.05, 4.69) is 35.8 Å². The number of amides is 1. The van der Waals surface area contributed by atoms with Crippen LogP contribution in [0.3, 0.4) is 0 Å². The first-order valence-electron chi connectivity index (χ1n) is 7.38. The predicted molar refractivity (Wildman–Crippen MR) is 84.2 cm³/mol. The Morgan fingerprint density at radius 1 is 1.14 bits per heavy atom. The van der Waals surface area contributed by atoms with Crippen molar-refractivity contribution in [1.29, 1.82) is 0 Å². The summed E-state index contributed by atoms with van der Waals surface area (Å²) in [6.07, 6.45) is 0.994. The molecule has 0 saturated heterocycles. The SMILES string of the molecule is Cc1ccc(CNC(=O)c2ccc3c(c2)CCNC3)cc1. The Hall–Kier alpha value is -2.13. The molecule has 1 aliphatic heterocycles. The minimum Gasteiger partial charge on any atom is -0.348 e. The molecule has 0 radical (unpaired) electrons. The molecular formula is C18H20N2O. The van der Waals surface area contributed by atoms with Crippen LogP contribution in [0, 0.1) is 6.92 Å². The second-order valence-corrected chi connectivity index (χ2v) is 5.58. The molecule has 21 heavy (non-hydrogen) atoms. The van der Waals surface area contributed by atoms with Crippen molar-refractivity contribution < 1.29 is 4.79 Å². The second-order valence-electron chi connectivity index (χ2n) is 5.58. The van der Waals surface area contributed by atoms with Crippen LogP contribution in [0.4, 0.5) is 0 Å². The van der Waals surface area contributed by atoms with Gasteiger partial charge in [0.25, 0.3) is 5.91 Å². The van der Waals surface area contributed by atoms with Crippen LogP contribution in [-0.2, 0) is 19.5 Å². The molecule has 0 unspecified atom stereocenters. The molecule has 1 heterocycles. The smallest absolute Gasteiger partial charge is 0.251 e. The zero-order valence-corrected chi connectivity index (χ0v) is 12.3. The van der Waals surface area contributed by atoms with Gasteiger partial charge in [-0.25, -0.2) is 0 Å². The Labute approximate surface area is 125 Å². The number of carbonyl (C=O) groups is 1. The van der Waals surface area contributed by atoms with E-state index in [-0.39, 0.29) is 5.91 Å². The van der Waals surface area contributed by atoms with Gasteiger partial charge in [0.05, 0.1) is 0 Å². The minimum absolute atomic E-state index is 0.00286. The lowest BCUT2D eigenvalue weighted by atomic mass is 9.98. The van der Waals surface area contributed by atoms with Crippen molar-refractivity contribution in [1.82, 2.24) is 10.6 Å². The number of hydrogen-bond donors (Lipinski definition) is 2.